The van der Waals surface area contributed by atoms with Gasteiger partial charge in [0.05, 0.1) is 0 Å². The Kier molecular flexibility index (Phi) is 2.45. The van der Waals surface area contributed by atoms with E-state index in [4.69, 9.17) is 0 Å². The van der Waals surface area contributed by atoms with Gasteiger partial charge in [0.2, 0.25) is 0 Å². The summed E-state index contributed by atoms with van der Waals surface area (Å²) < 4.78 is 0. The van der Waals surface area contributed by atoms with Gasteiger partial charge in [-0.05, 0) is 24.3 Å². The first kappa shape index (κ1) is 10.6. The molecule has 2 nitrogen and oxygen atoms in total. The lowest BCUT2D eigenvalue weighted by Crippen LogP contribution is -2.39. The molecule has 0 spiro atoms. The van der Waals surface area contributed by atoms with Gasteiger partial charge in [-0.25, -0.2) is 0 Å². The van der Waals surface area contributed by atoms with Crippen LogP contribution in [0.15, 0.2) is 58.3 Å². The molecule has 0 aliphatic carbocycles. The maximum Gasteiger partial charge on any atom is 0.107 e. The van der Waals surface area contributed by atoms with Crippen molar-refractivity contribution in [3.63, 3.8) is 0 Å². The van der Waals surface area contributed by atoms with E-state index in [0.717, 1.165) is 0 Å². The van der Waals surface area contributed by atoms with Gasteiger partial charge in [0.15, 0.2) is 0 Å². The van der Waals surface area contributed by atoms with E-state index < -0.39 is 0 Å². The van der Waals surface area contributed by atoms with Crippen LogP contribution >= 0.6 is 23.5 Å². The van der Waals surface area contributed by atoms with Crippen LogP contribution in [0, 0.1) is 0 Å². The molecule has 2 N–H and O–H groups in total. The highest BCUT2D eigenvalue weighted by Gasteiger charge is 2.33. The van der Waals surface area contributed by atoms with E-state index in [1.165, 1.54) is 21.2 Å². The standard InChI is InChI=1S/C14H12N2S2/c1-3-7-11-9(5-1)15-13-14(17-11)16-10-6-2-4-8-12(10)18-13/h1-8,13-16H/t13-,14-/m1/s1. The second-order valence-corrected chi connectivity index (χ2v) is 6.72. The van der Waals surface area contributed by atoms with Gasteiger partial charge in [-0.3, -0.25) is 0 Å². The third kappa shape index (κ3) is 1.68. The van der Waals surface area contributed by atoms with Gasteiger partial charge in [0, 0.05) is 21.2 Å². The summed E-state index contributed by atoms with van der Waals surface area (Å²) in [5.74, 6) is 0. The Labute approximate surface area is 115 Å². The van der Waals surface area contributed by atoms with Crippen molar-refractivity contribution < 1.29 is 0 Å². The summed E-state index contributed by atoms with van der Waals surface area (Å²) in [6.45, 7) is 0. The van der Waals surface area contributed by atoms with Crippen LogP contribution in [0.4, 0.5) is 11.4 Å². The molecular formula is C14H12N2S2. The predicted molar refractivity (Wildman–Crippen MR) is 79.4 cm³/mol. The molecule has 0 unspecified atom stereocenters. The normalized spacial score (nSPS) is 24.0. The first-order valence-corrected chi connectivity index (χ1v) is 7.70. The highest BCUT2D eigenvalue weighted by atomic mass is 32.2. The summed E-state index contributed by atoms with van der Waals surface area (Å²) in [6.07, 6.45) is 0. The summed E-state index contributed by atoms with van der Waals surface area (Å²) in [4.78, 5) is 2.65. The zero-order valence-electron chi connectivity index (χ0n) is 9.59. The van der Waals surface area contributed by atoms with Crippen LogP contribution in [0.5, 0.6) is 0 Å². The Morgan fingerprint density at radius 3 is 1.61 bits per heavy atom. The Balaban J connectivity index is 1.70. The number of anilines is 2. The predicted octanol–water partition coefficient (Wildman–Crippen LogP) is 4.07. The fourth-order valence-corrected chi connectivity index (χ4v) is 4.75. The minimum atomic E-state index is 0.389. The molecule has 18 heavy (non-hydrogen) atoms. The zero-order chi connectivity index (χ0) is 11.9. The van der Waals surface area contributed by atoms with E-state index in [1.54, 1.807) is 0 Å². The Morgan fingerprint density at radius 1 is 0.667 bits per heavy atom. The lowest BCUT2D eigenvalue weighted by Gasteiger charge is -2.38. The number of nitrogens with one attached hydrogen (secondary N) is 2. The third-order valence-corrected chi connectivity index (χ3v) is 5.83. The topological polar surface area (TPSA) is 24.1 Å². The van der Waals surface area contributed by atoms with Gasteiger partial charge in [-0.2, -0.15) is 0 Å². The maximum atomic E-state index is 3.62. The minimum Gasteiger partial charge on any atom is -0.370 e. The minimum absolute atomic E-state index is 0.389. The average molecular weight is 272 g/mol. The first-order valence-electron chi connectivity index (χ1n) is 5.95. The van der Waals surface area contributed by atoms with Crippen LogP contribution in [0.25, 0.3) is 0 Å². The van der Waals surface area contributed by atoms with E-state index in [-0.39, 0.29) is 0 Å². The lowest BCUT2D eigenvalue weighted by molar-refractivity contribution is 0.909. The third-order valence-electron chi connectivity index (χ3n) is 3.15. The van der Waals surface area contributed by atoms with E-state index in [1.807, 2.05) is 23.5 Å². The zero-order valence-corrected chi connectivity index (χ0v) is 11.2. The molecule has 2 heterocycles. The fourth-order valence-electron chi connectivity index (χ4n) is 2.29. The molecule has 2 aromatic carbocycles. The molecule has 4 rings (SSSR count). The molecule has 2 aromatic rings. The first-order chi connectivity index (χ1) is 8.90. The molecule has 2 aliphatic heterocycles. The van der Waals surface area contributed by atoms with Crippen molar-refractivity contribution in [2.24, 2.45) is 0 Å². The smallest absolute Gasteiger partial charge is 0.107 e. The second-order valence-electron chi connectivity index (χ2n) is 4.36. The van der Waals surface area contributed by atoms with E-state index in [9.17, 15) is 0 Å². The average Bonchev–Trinajstić information content (AvgIpc) is 2.42. The van der Waals surface area contributed by atoms with Crippen molar-refractivity contribution in [3.8, 4) is 0 Å². The van der Waals surface area contributed by atoms with Crippen molar-refractivity contribution in [1.29, 1.82) is 0 Å². The van der Waals surface area contributed by atoms with E-state index in [0.29, 0.717) is 10.7 Å². The Morgan fingerprint density at radius 2 is 1.11 bits per heavy atom. The molecule has 0 radical (unpaired) electrons. The quantitative estimate of drug-likeness (QED) is 0.755. The van der Waals surface area contributed by atoms with Gasteiger partial charge < -0.3 is 10.6 Å². The summed E-state index contributed by atoms with van der Waals surface area (Å²) in [7, 11) is 0. The molecule has 2 aliphatic rings. The van der Waals surface area contributed by atoms with Crippen LogP contribution < -0.4 is 10.6 Å². The summed E-state index contributed by atoms with van der Waals surface area (Å²) in [5.41, 5.74) is 2.50. The molecule has 0 fully saturated rings. The SMILES string of the molecule is c1ccc2c(c1)N[C@@H]1Sc3ccccc3N[C@@H]1S2. The Hall–Kier alpha value is -1.26. The van der Waals surface area contributed by atoms with E-state index >= 15 is 0 Å². The van der Waals surface area contributed by atoms with Crippen molar-refractivity contribution in [2.45, 2.75) is 20.5 Å². The van der Waals surface area contributed by atoms with Crippen molar-refractivity contribution in [3.05, 3.63) is 48.5 Å². The van der Waals surface area contributed by atoms with Crippen molar-refractivity contribution in [1.82, 2.24) is 0 Å². The number of fused-ring (bicyclic) bond motifs is 3. The summed E-state index contributed by atoms with van der Waals surface area (Å²) in [6, 6.07) is 17.0. The van der Waals surface area contributed by atoms with Crippen LogP contribution in [0.3, 0.4) is 0 Å². The molecule has 2 atom stereocenters. The summed E-state index contributed by atoms with van der Waals surface area (Å²) >= 11 is 3.82. The maximum absolute atomic E-state index is 3.62. The van der Waals surface area contributed by atoms with Gasteiger partial charge in [-0.15, -0.1) is 0 Å². The summed E-state index contributed by atoms with van der Waals surface area (Å²) in [5, 5.41) is 8.02. The van der Waals surface area contributed by atoms with Gasteiger partial charge in [-0.1, -0.05) is 47.8 Å². The molecule has 0 amide bonds. The van der Waals surface area contributed by atoms with Crippen LogP contribution in [0.1, 0.15) is 0 Å². The number of para-hydroxylation sites is 2. The Bertz CT molecular complexity index is 496. The van der Waals surface area contributed by atoms with Gasteiger partial charge in [0.1, 0.15) is 10.7 Å². The molecule has 0 aromatic heterocycles. The van der Waals surface area contributed by atoms with Crippen LogP contribution in [-0.4, -0.2) is 10.7 Å². The largest absolute Gasteiger partial charge is 0.370 e. The van der Waals surface area contributed by atoms with Crippen molar-refractivity contribution >= 4 is 34.9 Å². The lowest BCUT2D eigenvalue weighted by atomic mass is 10.3. The monoisotopic (exact) mass is 272 g/mol. The number of rotatable bonds is 0. The molecule has 4 heteroatoms. The van der Waals surface area contributed by atoms with Crippen LogP contribution in [-0.2, 0) is 0 Å². The molecule has 90 valence electrons. The van der Waals surface area contributed by atoms with Crippen molar-refractivity contribution in [2.75, 3.05) is 10.6 Å². The number of thioether (sulfide) groups is 2. The molecule has 0 saturated heterocycles. The fraction of sp³-hybridized carbons (Fsp3) is 0.143. The van der Waals surface area contributed by atoms with Crippen LogP contribution in [0.2, 0.25) is 0 Å². The highest BCUT2D eigenvalue weighted by molar-refractivity contribution is 8.04. The van der Waals surface area contributed by atoms with Gasteiger partial charge in [0.25, 0.3) is 0 Å². The number of hydrogen-bond donors (Lipinski definition) is 2. The second kappa shape index (κ2) is 4.14. The highest BCUT2D eigenvalue weighted by Crippen LogP contribution is 2.47. The molecule has 0 bridgehead atoms. The molecular weight excluding hydrogens is 260 g/mol. The van der Waals surface area contributed by atoms with Gasteiger partial charge >= 0.3 is 0 Å². The number of benzene rings is 2. The number of hydrogen-bond acceptors (Lipinski definition) is 4. The van der Waals surface area contributed by atoms with E-state index in [2.05, 4.69) is 59.2 Å². The molecule has 0 saturated carbocycles.